The lowest BCUT2D eigenvalue weighted by atomic mass is 9.39. The van der Waals surface area contributed by atoms with Gasteiger partial charge in [-0.25, -0.2) is 0 Å². The molecule has 262 valence electrons. The normalized spacial score (nSPS) is 45.5. The Balaban J connectivity index is 1.54. The summed E-state index contributed by atoms with van der Waals surface area (Å²) in [6.07, 6.45) is -4.11. The van der Waals surface area contributed by atoms with E-state index in [0.29, 0.717) is 12.8 Å². The predicted molar refractivity (Wildman–Crippen MR) is 169 cm³/mol. The second kappa shape index (κ2) is 11.7. The molecule has 0 amide bonds. The maximum atomic E-state index is 14.7. The minimum atomic E-state index is -1.88. The van der Waals surface area contributed by atoms with E-state index in [4.69, 9.17) is 9.47 Å². The monoisotopic (exact) mass is 660 g/mol. The number of ether oxygens (including phenoxy) is 2. The molecule has 5 aliphatic rings. The van der Waals surface area contributed by atoms with Crippen LogP contribution in [0.25, 0.3) is 0 Å². The lowest BCUT2D eigenvalue weighted by molar-refractivity contribution is -0.291. The van der Waals surface area contributed by atoms with Crippen molar-refractivity contribution >= 4 is 17.3 Å². The third-order valence-corrected chi connectivity index (χ3v) is 13.1. The molecule has 1 aliphatic heterocycles. The molecule has 0 aromatic heterocycles. The van der Waals surface area contributed by atoms with E-state index in [-0.39, 0.29) is 36.7 Å². The van der Waals surface area contributed by atoms with Crippen molar-refractivity contribution in [1.29, 1.82) is 0 Å². The number of allylic oxidation sites excluding steroid dienone is 5. The number of carbonyl (C=O) groups excluding carboxylic acids is 3. The molecule has 5 rings (SSSR count). The Morgan fingerprint density at radius 1 is 1.04 bits per heavy atom. The van der Waals surface area contributed by atoms with E-state index in [2.05, 4.69) is 6.58 Å². The molecule has 0 bridgehead atoms. The van der Waals surface area contributed by atoms with Gasteiger partial charge in [0, 0.05) is 30.1 Å². The lowest BCUT2D eigenvalue weighted by Gasteiger charge is -2.63. The molecular formula is C36H52O11. The summed E-state index contributed by atoms with van der Waals surface area (Å²) in [5, 5.41) is 64.2. The van der Waals surface area contributed by atoms with Crippen LogP contribution in [-0.2, 0) is 23.9 Å². The van der Waals surface area contributed by atoms with Crippen LogP contribution in [0.1, 0.15) is 80.6 Å². The zero-order chi connectivity index (χ0) is 35.2. The van der Waals surface area contributed by atoms with Gasteiger partial charge in [0.25, 0.3) is 0 Å². The van der Waals surface area contributed by atoms with Crippen LogP contribution >= 0.6 is 0 Å². The van der Waals surface area contributed by atoms with Crippen molar-refractivity contribution in [1.82, 2.24) is 0 Å². The number of hydrogen-bond acceptors (Lipinski definition) is 11. The number of Topliss-reactive ketones (excluding diaryl/α,β-unsaturated/α-hetero) is 3. The van der Waals surface area contributed by atoms with E-state index in [9.17, 15) is 45.0 Å². The fourth-order valence-corrected chi connectivity index (χ4v) is 10.1. The standard InChI is InChI=1S/C36H52O11/c1-17(2)9-12-24(39)36(8,45)29-20(38)14-33(5)23-11-10-18-19(35(23,7)25(40)15-34(29,33)6)13-21(30(44)32(18,3)4)46-31-28(43)27(42)26(41)22(16-37)47-31/h10,13,19-20,22-23,26-29,31,37-38,41-43,45H,1,9,11-12,14-16H2,2-8H3. The third-order valence-electron chi connectivity index (χ3n) is 13.1. The van der Waals surface area contributed by atoms with Crippen LogP contribution in [0.15, 0.2) is 35.6 Å². The van der Waals surface area contributed by atoms with Gasteiger partial charge in [-0.1, -0.05) is 38.0 Å². The van der Waals surface area contributed by atoms with Gasteiger partial charge in [-0.15, -0.1) is 6.58 Å². The number of aliphatic hydroxyl groups is 6. The quantitative estimate of drug-likeness (QED) is 0.209. The highest BCUT2D eigenvalue weighted by molar-refractivity contribution is 6.02. The molecule has 0 radical (unpaired) electrons. The van der Waals surface area contributed by atoms with Crippen LogP contribution in [0.4, 0.5) is 0 Å². The summed E-state index contributed by atoms with van der Waals surface area (Å²) >= 11 is 0. The maximum Gasteiger partial charge on any atom is 0.229 e. The highest BCUT2D eigenvalue weighted by Crippen LogP contribution is 2.73. The number of carbonyl (C=O) groups is 3. The molecule has 6 N–H and O–H groups in total. The van der Waals surface area contributed by atoms with E-state index in [1.165, 1.54) is 6.92 Å². The van der Waals surface area contributed by atoms with Gasteiger partial charge in [0.15, 0.2) is 11.5 Å². The molecule has 13 unspecified atom stereocenters. The lowest BCUT2D eigenvalue weighted by Crippen LogP contribution is -2.64. The first-order chi connectivity index (χ1) is 21.6. The van der Waals surface area contributed by atoms with E-state index >= 15 is 0 Å². The molecule has 13 atom stereocenters. The molecular weight excluding hydrogens is 608 g/mol. The summed E-state index contributed by atoms with van der Waals surface area (Å²) in [5.41, 5.74) is -4.13. The van der Waals surface area contributed by atoms with Crippen LogP contribution < -0.4 is 0 Å². The molecule has 11 nitrogen and oxygen atoms in total. The summed E-state index contributed by atoms with van der Waals surface area (Å²) in [6, 6.07) is 0. The average molecular weight is 661 g/mol. The van der Waals surface area contributed by atoms with Crippen LogP contribution in [0.5, 0.6) is 0 Å². The fourth-order valence-electron chi connectivity index (χ4n) is 10.1. The molecule has 2 saturated carbocycles. The fraction of sp³-hybridized carbons (Fsp3) is 0.750. The Labute approximate surface area is 276 Å². The molecule has 11 heteroatoms. The van der Waals surface area contributed by atoms with Crippen molar-refractivity contribution in [3.63, 3.8) is 0 Å². The first-order valence-electron chi connectivity index (χ1n) is 16.7. The Morgan fingerprint density at radius 2 is 1.68 bits per heavy atom. The minimum absolute atomic E-state index is 0.00294. The molecule has 1 heterocycles. The van der Waals surface area contributed by atoms with E-state index < -0.39 is 94.1 Å². The van der Waals surface area contributed by atoms with Crippen molar-refractivity contribution in [3.8, 4) is 0 Å². The topological polar surface area (TPSA) is 191 Å². The largest absolute Gasteiger partial charge is 0.459 e. The molecule has 3 fully saturated rings. The number of hydrogen-bond donors (Lipinski definition) is 6. The summed E-state index contributed by atoms with van der Waals surface area (Å²) in [7, 11) is 0. The summed E-state index contributed by atoms with van der Waals surface area (Å²) in [6.45, 7) is 15.8. The van der Waals surface area contributed by atoms with Crippen LogP contribution in [0, 0.1) is 39.4 Å². The van der Waals surface area contributed by atoms with E-state index in [1.807, 2.05) is 33.8 Å². The second-order valence-corrected chi connectivity index (χ2v) is 16.2. The number of ketones is 3. The number of rotatable bonds is 8. The number of aliphatic hydroxyl groups excluding tert-OH is 5. The van der Waals surface area contributed by atoms with Crippen molar-refractivity contribution in [2.45, 2.75) is 123 Å². The maximum absolute atomic E-state index is 14.7. The van der Waals surface area contributed by atoms with Gasteiger partial charge in [0.2, 0.25) is 12.1 Å². The third kappa shape index (κ3) is 5.06. The molecule has 47 heavy (non-hydrogen) atoms. The van der Waals surface area contributed by atoms with Gasteiger partial charge in [-0.3, -0.25) is 14.4 Å². The molecule has 0 aromatic rings. The van der Waals surface area contributed by atoms with Gasteiger partial charge in [0.05, 0.1) is 18.1 Å². The number of fused-ring (bicyclic) bond motifs is 5. The molecule has 0 spiro atoms. The SMILES string of the molecule is C=C(C)CCC(=O)C(C)(O)C1C(O)CC2(C)C3CC=C4C(C=C(OC5OC(CO)C(O)C(O)C5O)C(=O)C4(C)C)C3(C)C(=O)CC12C. The van der Waals surface area contributed by atoms with Gasteiger partial charge < -0.3 is 40.1 Å². The van der Waals surface area contributed by atoms with Gasteiger partial charge in [-0.2, -0.15) is 0 Å². The first-order valence-corrected chi connectivity index (χ1v) is 16.7. The highest BCUT2D eigenvalue weighted by Gasteiger charge is 2.74. The summed E-state index contributed by atoms with van der Waals surface area (Å²) in [4.78, 5) is 41.9. The summed E-state index contributed by atoms with van der Waals surface area (Å²) < 4.78 is 11.5. The first kappa shape index (κ1) is 36.0. The van der Waals surface area contributed by atoms with E-state index in [0.717, 1.165) is 11.1 Å². The van der Waals surface area contributed by atoms with Crippen molar-refractivity contribution in [3.05, 3.63) is 35.6 Å². The molecule has 1 saturated heterocycles. The zero-order valence-electron chi connectivity index (χ0n) is 28.5. The predicted octanol–water partition coefficient (Wildman–Crippen LogP) is 1.91. The van der Waals surface area contributed by atoms with Crippen LogP contribution in [-0.4, -0.2) is 97.0 Å². The van der Waals surface area contributed by atoms with Gasteiger partial charge >= 0.3 is 0 Å². The van der Waals surface area contributed by atoms with Crippen LogP contribution in [0.3, 0.4) is 0 Å². The van der Waals surface area contributed by atoms with Gasteiger partial charge in [-0.05, 0) is 69.8 Å². The van der Waals surface area contributed by atoms with Crippen molar-refractivity contribution < 1.29 is 54.5 Å². The van der Waals surface area contributed by atoms with Gasteiger partial charge in [0.1, 0.15) is 35.8 Å². The molecule has 0 aromatic carbocycles. The van der Waals surface area contributed by atoms with Crippen molar-refractivity contribution in [2.75, 3.05) is 6.61 Å². The molecule has 4 aliphatic carbocycles. The average Bonchev–Trinajstić information content (AvgIpc) is 3.19. The van der Waals surface area contributed by atoms with Crippen molar-refractivity contribution in [2.24, 2.45) is 39.4 Å². The Kier molecular flexibility index (Phi) is 8.95. The Bertz CT molecular complexity index is 1410. The zero-order valence-corrected chi connectivity index (χ0v) is 28.5. The minimum Gasteiger partial charge on any atom is -0.459 e. The highest BCUT2D eigenvalue weighted by atomic mass is 16.7. The van der Waals surface area contributed by atoms with E-state index in [1.54, 1.807) is 19.9 Å². The second-order valence-electron chi connectivity index (χ2n) is 16.2. The smallest absolute Gasteiger partial charge is 0.229 e. The Hall–Kier alpha value is -2.25. The Morgan fingerprint density at radius 3 is 2.28 bits per heavy atom. The van der Waals surface area contributed by atoms with Crippen LogP contribution in [0.2, 0.25) is 0 Å². The summed E-state index contributed by atoms with van der Waals surface area (Å²) in [5.74, 6) is -2.94.